The van der Waals surface area contributed by atoms with E-state index in [1.165, 1.54) is 7.11 Å². The molecule has 9 heteroatoms. The maximum Gasteiger partial charge on any atom is 0.490 e. The number of rotatable bonds is 4. The number of halogens is 3. The molecule has 118 valence electrons. The third-order valence-electron chi connectivity index (χ3n) is 1.88. The minimum atomic E-state index is -5.08. The Labute approximate surface area is 118 Å². The van der Waals surface area contributed by atoms with Crippen LogP contribution < -0.4 is 10.5 Å². The van der Waals surface area contributed by atoms with Gasteiger partial charge in [-0.1, -0.05) is 6.07 Å². The van der Waals surface area contributed by atoms with Crippen molar-refractivity contribution in [1.29, 1.82) is 0 Å². The smallest absolute Gasteiger partial charge is 0.490 e. The van der Waals surface area contributed by atoms with E-state index >= 15 is 0 Å². The Balaban J connectivity index is 0.000000486. The summed E-state index contributed by atoms with van der Waals surface area (Å²) in [6, 6.07) is 6.79. The largest absolute Gasteiger partial charge is 0.492 e. The van der Waals surface area contributed by atoms with Crippen molar-refractivity contribution in [3.05, 3.63) is 29.8 Å². The molecule has 0 bridgehead atoms. The van der Waals surface area contributed by atoms with Gasteiger partial charge in [0.1, 0.15) is 12.4 Å². The molecule has 0 aliphatic rings. The molecule has 0 aliphatic heterocycles. The number of hydrogen-bond donors (Lipinski definition) is 2. The van der Waals surface area contributed by atoms with E-state index in [1.807, 2.05) is 0 Å². The Bertz CT molecular complexity index is 476. The standard InChI is InChI=1S/C10H13NO3.C2HF3O2/c1-13-10(12)8-3-2-4-9(7-8)14-6-5-11;3-2(4,5)1(6)7/h2-4,7H,5-6,11H2,1H3;(H,6,7). The highest BCUT2D eigenvalue weighted by Gasteiger charge is 2.38. The molecule has 0 spiro atoms. The zero-order valence-corrected chi connectivity index (χ0v) is 11.0. The summed E-state index contributed by atoms with van der Waals surface area (Å²) >= 11 is 0. The lowest BCUT2D eigenvalue weighted by atomic mass is 10.2. The molecule has 0 aromatic heterocycles. The molecule has 0 saturated heterocycles. The second-order valence-corrected chi connectivity index (χ2v) is 3.46. The maximum atomic E-state index is 11.1. The maximum absolute atomic E-state index is 11.1. The van der Waals surface area contributed by atoms with Gasteiger partial charge in [0.25, 0.3) is 0 Å². The Morgan fingerprint density at radius 3 is 2.33 bits per heavy atom. The molecule has 0 aliphatic carbocycles. The molecule has 0 heterocycles. The van der Waals surface area contributed by atoms with Crippen LogP contribution in [0.4, 0.5) is 13.2 Å². The van der Waals surface area contributed by atoms with Gasteiger partial charge in [0.2, 0.25) is 0 Å². The summed E-state index contributed by atoms with van der Waals surface area (Å²) in [7, 11) is 1.34. The van der Waals surface area contributed by atoms with Gasteiger partial charge in [0.15, 0.2) is 0 Å². The second kappa shape index (κ2) is 8.80. The van der Waals surface area contributed by atoms with E-state index in [-0.39, 0.29) is 5.97 Å². The normalized spacial score (nSPS) is 10.1. The van der Waals surface area contributed by atoms with Crippen molar-refractivity contribution in [1.82, 2.24) is 0 Å². The quantitative estimate of drug-likeness (QED) is 0.817. The number of benzene rings is 1. The Kier molecular flexibility index (Phi) is 7.84. The third kappa shape index (κ3) is 7.78. The topological polar surface area (TPSA) is 98.9 Å². The van der Waals surface area contributed by atoms with E-state index in [0.717, 1.165) is 0 Å². The van der Waals surface area contributed by atoms with E-state index in [2.05, 4.69) is 4.74 Å². The van der Waals surface area contributed by atoms with Crippen LogP contribution >= 0.6 is 0 Å². The van der Waals surface area contributed by atoms with Crippen LogP contribution in [0.5, 0.6) is 5.75 Å². The zero-order chi connectivity index (χ0) is 16.5. The molecule has 1 aromatic carbocycles. The van der Waals surface area contributed by atoms with Crippen molar-refractivity contribution in [2.24, 2.45) is 5.73 Å². The van der Waals surface area contributed by atoms with E-state index < -0.39 is 12.1 Å². The number of aliphatic carboxylic acids is 1. The summed E-state index contributed by atoms with van der Waals surface area (Å²) in [6.07, 6.45) is -5.08. The molecule has 0 amide bonds. The van der Waals surface area contributed by atoms with Gasteiger partial charge in [0, 0.05) is 6.54 Å². The number of nitrogens with two attached hydrogens (primary N) is 1. The van der Waals surface area contributed by atoms with Gasteiger partial charge in [-0.15, -0.1) is 0 Å². The minimum absolute atomic E-state index is 0.372. The molecule has 0 radical (unpaired) electrons. The number of carboxylic acids is 1. The first-order valence-corrected chi connectivity index (χ1v) is 5.53. The highest BCUT2D eigenvalue weighted by molar-refractivity contribution is 5.89. The van der Waals surface area contributed by atoms with Gasteiger partial charge in [-0.25, -0.2) is 9.59 Å². The molecule has 0 atom stereocenters. The fourth-order valence-electron chi connectivity index (χ4n) is 1.01. The van der Waals surface area contributed by atoms with Crippen molar-refractivity contribution in [3.8, 4) is 5.75 Å². The van der Waals surface area contributed by atoms with Crippen LogP contribution in [-0.4, -0.2) is 43.5 Å². The molecule has 6 nitrogen and oxygen atoms in total. The fourth-order valence-corrected chi connectivity index (χ4v) is 1.01. The Hall–Kier alpha value is -2.29. The number of carbonyl (C=O) groups is 2. The van der Waals surface area contributed by atoms with Crippen LogP contribution in [0, 0.1) is 0 Å². The second-order valence-electron chi connectivity index (χ2n) is 3.46. The molecule has 1 aromatic rings. The van der Waals surface area contributed by atoms with E-state index in [1.54, 1.807) is 24.3 Å². The fraction of sp³-hybridized carbons (Fsp3) is 0.333. The van der Waals surface area contributed by atoms with Gasteiger partial charge in [-0.3, -0.25) is 0 Å². The van der Waals surface area contributed by atoms with E-state index in [0.29, 0.717) is 24.5 Å². The summed E-state index contributed by atoms with van der Waals surface area (Å²) in [5, 5.41) is 7.12. The summed E-state index contributed by atoms with van der Waals surface area (Å²) < 4.78 is 41.6. The highest BCUT2D eigenvalue weighted by Crippen LogP contribution is 2.14. The SMILES string of the molecule is COC(=O)c1cccc(OCCN)c1.O=C(O)C(F)(F)F. The summed E-state index contributed by atoms with van der Waals surface area (Å²) in [5.74, 6) is -2.51. The minimum Gasteiger partial charge on any atom is -0.492 e. The summed E-state index contributed by atoms with van der Waals surface area (Å²) in [6.45, 7) is 0.882. The molecule has 0 fully saturated rings. The summed E-state index contributed by atoms with van der Waals surface area (Å²) in [4.78, 5) is 20.0. The molecule has 3 N–H and O–H groups in total. The lowest BCUT2D eigenvalue weighted by Crippen LogP contribution is -2.21. The van der Waals surface area contributed by atoms with Crippen LogP contribution in [0.1, 0.15) is 10.4 Å². The van der Waals surface area contributed by atoms with Gasteiger partial charge in [-0.05, 0) is 18.2 Å². The van der Waals surface area contributed by atoms with Crippen molar-refractivity contribution in [2.45, 2.75) is 6.18 Å². The monoisotopic (exact) mass is 309 g/mol. The Morgan fingerprint density at radius 1 is 1.33 bits per heavy atom. The van der Waals surface area contributed by atoms with Crippen molar-refractivity contribution in [2.75, 3.05) is 20.3 Å². The van der Waals surface area contributed by atoms with Gasteiger partial charge < -0.3 is 20.3 Å². The molecule has 1 rings (SSSR count). The first kappa shape index (κ1) is 18.7. The lowest BCUT2D eigenvalue weighted by Gasteiger charge is -2.05. The molecule has 0 unspecified atom stereocenters. The number of esters is 1. The van der Waals surface area contributed by atoms with Crippen molar-refractivity contribution < 1.29 is 37.3 Å². The number of carbonyl (C=O) groups excluding carboxylic acids is 1. The van der Waals surface area contributed by atoms with Crippen LogP contribution in [-0.2, 0) is 9.53 Å². The molecule has 0 saturated carbocycles. The first-order chi connectivity index (χ1) is 9.72. The Morgan fingerprint density at radius 2 is 1.90 bits per heavy atom. The van der Waals surface area contributed by atoms with Gasteiger partial charge in [0.05, 0.1) is 12.7 Å². The summed E-state index contributed by atoms with van der Waals surface area (Å²) in [5.41, 5.74) is 5.76. The predicted octanol–water partition coefficient (Wildman–Crippen LogP) is 1.44. The number of ether oxygens (including phenoxy) is 2. The number of hydrogen-bond acceptors (Lipinski definition) is 5. The van der Waals surface area contributed by atoms with Crippen molar-refractivity contribution in [3.63, 3.8) is 0 Å². The van der Waals surface area contributed by atoms with Crippen LogP contribution in [0.2, 0.25) is 0 Å². The van der Waals surface area contributed by atoms with Crippen LogP contribution in [0.15, 0.2) is 24.3 Å². The van der Waals surface area contributed by atoms with E-state index in [9.17, 15) is 18.0 Å². The van der Waals surface area contributed by atoms with Crippen LogP contribution in [0.3, 0.4) is 0 Å². The molecular weight excluding hydrogens is 295 g/mol. The predicted molar refractivity (Wildman–Crippen MR) is 66.0 cm³/mol. The number of alkyl halides is 3. The first-order valence-electron chi connectivity index (χ1n) is 5.53. The van der Waals surface area contributed by atoms with Gasteiger partial charge >= 0.3 is 18.1 Å². The van der Waals surface area contributed by atoms with Crippen molar-refractivity contribution >= 4 is 11.9 Å². The average Bonchev–Trinajstić information content (AvgIpc) is 2.44. The highest BCUT2D eigenvalue weighted by atomic mass is 19.4. The van der Waals surface area contributed by atoms with E-state index in [4.69, 9.17) is 20.4 Å². The third-order valence-corrected chi connectivity index (χ3v) is 1.88. The average molecular weight is 309 g/mol. The lowest BCUT2D eigenvalue weighted by molar-refractivity contribution is -0.192. The molecule has 21 heavy (non-hydrogen) atoms. The zero-order valence-electron chi connectivity index (χ0n) is 11.0. The number of carboxylic acid groups (broad SMARTS) is 1. The molecular formula is C12H14F3NO5. The van der Waals surface area contributed by atoms with Gasteiger partial charge in [-0.2, -0.15) is 13.2 Å². The van der Waals surface area contributed by atoms with Crippen LogP contribution in [0.25, 0.3) is 0 Å². The number of methoxy groups -OCH3 is 1.